The first kappa shape index (κ1) is 15.9. The Balaban J connectivity index is 2.72. The second-order valence-electron chi connectivity index (χ2n) is 3.95. The van der Waals surface area contributed by atoms with E-state index in [1.165, 1.54) is 0 Å². The van der Waals surface area contributed by atoms with Crippen LogP contribution in [-0.2, 0) is 11.0 Å². The highest BCUT2D eigenvalue weighted by Crippen LogP contribution is 2.31. The minimum atomic E-state index is -4.89. The van der Waals surface area contributed by atoms with Gasteiger partial charge in [0.25, 0.3) is 5.91 Å². The van der Waals surface area contributed by atoms with Crippen molar-refractivity contribution in [3.63, 3.8) is 0 Å². The third kappa shape index (κ3) is 4.52. The maximum Gasteiger partial charge on any atom is 0.419 e. The molecule has 1 amide bonds. The number of aliphatic carboxylic acids is 1. The number of rotatable bonds is 5. The molecule has 1 aromatic rings. The van der Waals surface area contributed by atoms with Gasteiger partial charge in [0, 0.05) is 18.5 Å². The van der Waals surface area contributed by atoms with Gasteiger partial charge in [-0.25, -0.2) is 4.39 Å². The number of halogens is 4. The highest BCUT2D eigenvalue weighted by molar-refractivity contribution is 5.94. The number of alkyl halides is 3. The van der Waals surface area contributed by atoms with Crippen molar-refractivity contribution in [3.8, 4) is 0 Å². The normalized spacial score (nSPS) is 11.2. The van der Waals surface area contributed by atoms with Crippen molar-refractivity contribution >= 4 is 11.9 Å². The molecule has 0 saturated heterocycles. The van der Waals surface area contributed by atoms with Crippen LogP contribution in [0.15, 0.2) is 18.2 Å². The Morgan fingerprint density at radius 2 is 1.90 bits per heavy atom. The molecule has 0 radical (unpaired) electrons. The van der Waals surface area contributed by atoms with Gasteiger partial charge in [-0.3, -0.25) is 9.59 Å². The Labute approximate surface area is 111 Å². The van der Waals surface area contributed by atoms with Gasteiger partial charge in [0.1, 0.15) is 5.82 Å². The Bertz CT molecular complexity index is 514. The van der Waals surface area contributed by atoms with E-state index in [2.05, 4.69) is 5.32 Å². The van der Waals surface area contributed by atoms with Crippen molar-refractivity contribution in [1.29, 1.82) is 0 Å². The van der Waals surface area contributed by atoms with Crippen molar-refractivity contribution in [2.75, 3.05) is 6.54 Å². The van der Waals surface area contributed by atoms with E-state index in [9.17, 15) is 27.2 Å². The average Bonchev–Trinajstić information content (AvgIpc) is 2.33. The number of hydrogen-bond acceptors (Lipinski definition) is 2. The van der Waals surface area contributed by atoms with Crippen LogP contribution in [0.5, 0.6) is 0 Å². The van der Waals surface area contributed by atoms with Crippen molar-refractivity contribution in [2.24, 2.45) is 0 Å². The molecule has 2 N–H and O–H groups in total. The monoisotopic (exact) mass is 293 g/mol. The van der Waals surface area contributed by atoms with Crippen molar-refractivity contribution in [3.05, 3.63) is 35.1 Å². The van der Waals surface area contributed by atoms with Gasteiger partial charge >= 0.3 is 12.1 Å². The summed E-state index contributed by atoms with van der Waals surface area (Å²) in [4.78, 5) is 21.8. The first-order chi connectivity index (χ1) is 9.21. The molecule has 0 aliphatic carbocycles. The van der Waals surface area contributed by atoms with E-state index in [0.29, 0.717) is 12.1 Å². The van der Waals surface area contributed by atoms with E-state index in [1.54, 1.807) is 0 Å². The largest absolute Gasteiger partial charge is 0.481 e. The van der Waals surface area contributed by atoms with Gasteiger partial charge in [-0.15, -0.1) is 0 Å². The topological polar surface area (TPSA) is 66.4 Å². The van der Waals surface area contributed by atoms with Crippen LogP contribution in [0.25, 0.3) is 0 Å². The first-order valence-corrected chi connectivity index (χ1v) is 5.58. The third-order valence-corrected chi connectivity index (χ3v) is 2.39. The van der Waals surface area contributed by atoms with Crippen LogP contribution >= 0.6 is 0 Å². The summed E-state index contributed by atoms with van der Waals surface area (Å²) in [7, 11) is 0. The maximum absolute atomic E-state index is 13.0. The second-order valence-corrected chi connectivity index (χ2v) is 3.95. The summed E-state index contributed by atoms with van der Waals surface area (Å²) >= 11 is 0. The minimum Gasteiger partial charge on any atom is -0.481 e. The highest BCUT2D eigenvalue weighted by atomic mass is 19.4. The van der Waals surface area contributed by atoms with Gasteiger partial charge in [-0.1, -0.05) is 0 Å². The van der Waals surface area contributed by atoms with Gasteiger partial charge in [0.2, 0.25) is 0 Å². The van der Waals surface area contributed by atoms with Crippen LogP contribution in [0.4, 0.5) is 17.6 Å². The van der Waals surface area contributed by atoms with Crippen LogP contribution in [0, 0.1) is 5.82 Å². The van der Waals surface area contributed by atoms with E-state index < -0.39 is 29.4 Å². The molecule has 4 nitrogen and oxygen atoms in total. The van der Waals surface area contributed by atoms with Gasteiger partial charge in [0.05, 0.1) is 5.56 Å². The zero-order chi connectivity index (χ0) is 15.3. The van der Waals surface area contributed by atoms with Gasteiger partial charge in [-0.05, 0) is 24.6 Å². The average molecular weight is 293 g/mol. The lowest BCUT2D eigenvalue weighted by Crippen LogP contribution is -2.25. The molecule has 0 aromatic heterocycles. The lowest BCUT2D eigenvalue weighted by Gasteiger charge is -2.10. The molecule has 0 bridgehead atoms. The molecular formula is C12H11F4NO3. The molecule has 0 saturated carbocycles. The lowest BCUT2D eigenvalue weighted by atomic mass is 10.1. The smallest absolute Gasteiger partial charge is 0.419 e. The molecule has 110 valence electrons. The number of carboxylic acids is 1. The molecule has 0 unspecified atom stereocenters. The first-order valence-electron chi connectivity index (χ1n) is 5.58. The minimum absolute atomic E-state index is 0.00383. The number of carbonyl (C=O) groups excluding carboxylic acids is 1. The molecule has 0 fully saturated rings. The van der Waals surface area contributed by atoms with Gasteiger partial charge in [-0.2, -0.15) is 13.2 Å². The zero-order valence-corrected chi connectivity index (χ0v) is 10.1. The van der Waals surface area contributed by atoms with E-state index in [4.69, 9.17) is 5.11 Å². The number of nitrogens with one attached hydrogen (secondary N) is 1. The molecule has 0 aliphatic heterocycles. The predicted molar refractivity (Wildman–Crippen MR) is 60.6 cm³/mol. The number of amides is 1. The summed E-state index contributed by atoms with van der Waals surface area (Å²) < 4.78 is 50.4. The molecule has 0 atom stereocenters. The Morgan fingerprint density at radius 3 is 2.45 bits per heavy atom. The number of benzene rings is 1. The second kappa shape index (κ2) is 6.36. The highest BCUT2D eigenvalue weighted by Gasteiger charge is 2.34. The summed E-state index contributed by atoms with van der Waals surface area (Å²) in [6, 6.07) is 1.91. The van der Waals surface area contributed by atoms with Gasteiger partial charge in [0.15, 0.2) is 0 Å². The SMILES string of the molecule is O=C(O)CCCNC(=O)c1ccc(F)c(C(F)(F)F)c1. The van der Waals surface area contributed by atoms with Crippen LogP contribution in [0.1, 0.15) is 28.8 Å². The quantitative estimate of drug-likeness (QED) is 0.647. The lowest BCUT2D eigenvalue weighted by molar-refractivity contribution is -0.140. The summed E-state index contributed by atoms with van der Waals surface area (Å²) in [6.45, 7) is 0.00383. The fourth-order valence-electron chi connectivity index (χ4n) is 1.43. The van der Waals surface area contributed by atoms with Crippen LogP contribution in [0.2, 0.25) is 0 Å². The van der Waals surface area contributed by atoms with Crippen LogP contribution in [0.3, 0.4) is 0 Å². The molecular weight excluding hydrogens is 282 g/mol. The number of carbonyl (C=O) groups is 2. The summed E-state index contributed by atoms with van der Waals surface area (Å²) in [5.74, 6) is -3.32. The number of hydrogen-bond donors (Lipinski definition) is 2. The molecule has 0 spiro atoms. The van der Waals surface area contributed by atoms with Crippen molar-refractivity contribution < 1.29 is 32.3 Å². The molecule has 20 heavy (non-hydrogen) atoms. The standard InChI is InChI=1S/C12H11F4NO3/c13-9-4-3-7(6-8(9)12(14,15)16)11(20)17-5-1-2-10(18)19/h3-4,6H,1-2,5H2,(H,17,20)(H,18,19). The summed E-state index contributed by atoms with van der Waals surface area (Å²) in [5.41, 5.74) is -1.86. The molecule has 0 aliphatic rings. The van der Waals surface area contributed by atoms with Crippen molar-refractivity contribution in [1.82, 2.24) is 5.32 Å². The molecule has 8 heteroatoms. The van der Waals surface area contributed by atoms with E-state index in [-0.39, 0.29) is 24.9 Å². The summed E-state index contributed by atoms with van der Waals surface area (Å²) in [5, 5.41) is 10.6. The zero-order valence-electron chi connectivity index (χ0n) is 10.1. The van der Waals surface area contributed by atoms with E-state index in [0.717, 1.165) is 6.07 Å². The Kier molecular flexibility index (Phi) is 5.06. The van der Waals surface area contributed by atoms with Crippen molar-refractivity contribution in [2.45, 2.75) is 19.0 Å². The Morgan fingerprint density at radius 1 is 1.25 bits per heavy atom. The van der Waals surface area contributed by atoms with E-state index in [1.807, 2.05) is 0 Å². The fraction of sp³-hybridized carbons (Fsp3) is 0.333. The molecule has 0 heterocycles. The molecule has 1 aromatic carbocycles. The molecule has 1 rings (SSSR count). The maximum atomic E-state index is 13.0. The third-order valence-electron chi connectivity index (χ3n) is 2.39. The van der Waals surface area contributed by atoms with Crippen LogP contribution in [-0.4, -0.2) is 23.5 Å². The van der Waals surface area contributed by atoms with Gasteiger partial charge < -0.3 is 10.4 Å². The number of carboxylic acid groups (broad SMARTS) is 1. The Hall–Kier alpha value is -2.12. The predicted octanol–water partition coefficient (Wildman–Crippen LogP) is 2.44. The van der Waals surface area contributed by atoms with Crippen LogP contribution < -0.4 is 5.32 Å². The fourth-order valence-corrected chi connectivity index (χ4v) is 1.43. The van der Waals surface area contributed by atoms with E-state index >= 15 is 0 Å². The summed E-state index contributed by atoms with van der Waals surface area (Å²) in [6.07, 6.45) is -4.91.